The second-order valence-corrected chi connectivity index (χ2v) is 5.44. The highest BCUT2D eigenvalue weighted by Crippen LogP contribution is 2.15. The molecule has 0 aliphatic rings. The van der Waals surface area contributed by atoms with E-state index in [1.807, 2.05) is 31.2 Å². The number of carbonyl (C=O) groups is 1. The Morgan fingerprint density at radius 3 is 2.58 bits per heavy atom. The Labute approximate surface area is 128 Å². The van der Waals surface area contributed by atoms with Gasteiger partial charge in [0.05, 0.1) is 24.8 Å². The topological polar surface area (TPSA) is 38.8 Å². The first-order valence-corrected chi connectivity index (χ1v) is 7.23. The van der Waals surface area contributed by atoms with E-state index in [4.69, 9.17) is 9.47 Å². The molecular formula is C14H20INO3. The summed E-state index contributed by atoms with van der Waals surface area (Å²) < 4.78 is 11.2. The first-order chi connectivity index (χ1) is 9.11. The number of halogens is 1. The average molecular weight is 377 g/mol. The quantitative estimate of drug-likeness (QED) is 0.686. The summed E-state index contributed by atoms with van der Waals surface area (Å²) in [5.74, 6) is 0.0200. The fourth-order valence-corrected chi connectivity index (χ4v) is 2.45. The summed E-state index contributed by atoms with van der Waals surface area (Å²) in [5, 5.41) is 0. The third kappa shape index (κ3) is 4.74. The number of carbonyl (C=O) groups excluding carboxylic acids is 1. The van der Waals surface area contributed by atoms with Crippen molar-refractivity contribution >= 4 is 28.5 Å². The van der Waals surface area contributed by atoms with E-state index in [1.54, 1.807) is 19.1 Å². The second-order valence-electron chi connectivity index (χ2n) is 4.28. The highest BCUT2D eigenvalue weighted by atomic mass is 127. The molecule has 0 aliphatic heterocycles. The van der Waals surface area contributed by atoms with Gasteiger partial charge in [-0.15, -0.1) is 0 Å². The van der Waals surface area contributed by atoms with Gasteiger partial charge >= 0.3 is 0 Å². The van der Waals surface area contributed by atoms with E-state index in [2.05, 4.69) is 22.6 Å². The van der Waals surface area contributed by atoms with Crippen molar-refractivity contribution in [3.63, 3.8) is 0 Å². The molecule has 0 spiro atoms. The Bertz CT molecular complexity index is 411. The lowest BCUT2D eigenvalue weighted by Crippen LogP contribution is -2.43. The van der Waals surface area contributed by atoms with Crippen LogP contribution in [0, 0.1) is 3.57 Å². The van der Waals surface area contributed by atoms with Gasteiger partial charge in [-0.1, -0.05) is 12.1 Å². The van der Waals surface area contributed by atoms with E-state index in [9.17, 15) is 4.79 Å². The van der Waals surface area contributed by atoms with Gasteiger partial charge in [-0.05, 0) is 41.6 Å². The molecule has 4 nitrogen and oxygen atoms in total. The Balaban J connectivity index is 2.90. The molecule has 0 saturated heterocycles. The van der Waals surface area contributed by atoms with Crippen LogP contribution in [0.4, 0.5) is 0 Å². The number of nitrogens with zero attached hydrogens (tertiary/aromatic N) is 1. The van der Waals surface area contributed by atoms with Crippen LogP contribution in [0.3, 0.4) is 0 Å². The molecule has 19 heavy (non-hydrogen) atoms. The lowest BCUT2D eigenvalue weighted by molar-refractivity contribution is 0.0478. The molecule has 0 radical (unpaired) electrons. The van der Waals surface area contributed by atoms with E-state index in [1.165, 1.54) is 0 Å². The number of rotatable bonds is 7. The van der Waals surface area contributed by atoms with Crippen LogP contribution < -0.4 is 0 Å². The molecule has 0 aliphatic carbocycles. The first kappa shape index (κ1) is 16.4. The predicted octanol–water partition coefficient (Wildman–Crippen LogP) is 2.41. The van der Waals surface area contributed by atoms with Crippen LogP contribution in [0.5, 0.6) is 0 Å². The highest BCUT2D eigenvalue weighted by molar-refractivity contribution is 14.1. The Kier molecular flexibility index (Phi) is 7.33. The number of hydrogen-bond acceptors (Lipinski definition) is 3. The summed E-state index contributed by atoms with van der Waals surface area (Å²) in [5.41, 5.74) is 0.724. The predicted molar refractivity (Wildman–Crippen MR) is 83.4 cm³/mol. The summed E-state index contributed by atoms with van der Waals surface area (Å²) >= 11 is 2.18. The van der Waals surface area contributed by atoms with Crippen LogP contribution in [0.25, 0.3) is 0 Å². The summed E-state index contributed by atoms with van der Waals surface area (Å²) in [7, 11) is 3.28. The average Bonchev–Trinajstić information content (AvgIpc) is 2.39. The molecule has 1 atom stereocenters. The van der Waals surface area contributed by atoms with Crippen molar-refractivity contribution < 1.29 is 14.3 Å². The minimum atomic E-state index is 0.0173. The summed E-state index contributed by atoms with van der Waals surface area (Å²) in [6.45, 7) is 3.57. The third-order valence-corrected chi connectivity index (χ3v) is 3.78. The van der Waals surface area contributed by atoms with Gasteiger partial charge in [0.25, 0.3) is 5.91 Å². The van der Waals surface area contributed by atoms with Gasteiger partial charge < -0.3 is 14.4 Å². The molecule has 5 heteroatoms. The van der Waals surface area contributed by atoms with Gasteiger partial charge in [-0.2, -0.15) is 0 Å². The Hall–Kier alpha value is -0.660. The SMILES string of the molecule is COCCN(C(=O)c1ccccc1I)C(C)COC. The summed E-state index contributed by atoms with van der Waals surface area (Å²) in [4.78, 5) is 14.4. The molecule has 1 aromatic rings. The fraction of sp³-hybridized carbons (Fsp3) is 0.500. The van der Waals surface area contributed by atoms with E-state index in [-0.39, 0.29) is 11.9 Å². The van der Waals surface area contributed by atoms with Crippen LogP contribution in [-0.2, 0) is 9.47 Å². The zero-order valence-corrected chi connectivity index (χ0v) is 13.7. The lowest BCUT2D eigenvalue weighted by atomic mass is 10.1. The fourth-order valence-electron chi connectivity index (χ4n) is 1.83. The van der Waals surface area contributed by atoms with Gasteiger partial charge in [0.1, 0.15) is 0 Å². The van der Waals surface area contributed by atoms with Crippen molar-refractivity contribution in [2.45, 2.75) is 13.0 Å². The van der Waals surface area contributed by atoms with E-state index in [0.29, 0.717) is 19.8 Å². The largest absolute Gasteiger partial charge is 0.383 e. The Morgan fingerprint density at radius 2 is 2.00 bits per heavy atom. The van der Waals surface area contributed by atoms with Gasteiger partial charge in [0.2, 0.25) is 0 Å². The zero-order chi connectivity index (χ0) is 14.3. The molecule has 1 unspecified atom stereocenters. The maximum atomic E-state index is 12.6. The maximum Gasteiger partial charge on any atom is 0.255 e. The molecule has 0 fully saturated rings. The monoisotopic (exact) mass is 377 g/mol. The molecule has 1 rings (SSSR count). The summed E-state index contributed by atoms with van der Waals surface area (Å²) in [6, 6.07) is 7.61. The third-order valence-electron chi connectivity index (χ3n) is 2.84. The zero-order valence-electron chi connectivity index (χ0n) is 11.6. The highest BCUT2D eigenvalue weighted by Gasteiger charge is 2.22. The molecule has 0 heterocycles. The number of methoxy groups -OCH3 is 2. The van der Waals surface area contributed by atoms with Crippen molar-refractivity contribution in [3.8, 4) is 0 Å². The minimum Gasteiger partial charge on any atom is -0.383 e. The minimum absolute atomic E-state index is 0.0173. The van der Waals surface area contributed by atoms with Crippen LogP contribution in [-0.4, -0.2) is 50.8 Å². The number of amides is 1. The molecular weight excluding hydrogens is 357 g/mol. The molecule has 1 aromatic carbocycles. The van der Waals surface area contributed by atoms with Crippen molar-refractivity contribution in [1.29, 1.82) is 0 Å². The lowest BCUT2D eigenvalue weighted by Gasteiger charge is -2.29. The van der Waals surface area contributed by atoms with E-state index < -0.39 is 0 Å². The standard InChI is InChI=1S/C14H20INO3/c1-11(10-19-3)16(8-9-18-2)14(17)12-6-4-5-7-13(12)15/h4-7,11H,8-10H2,1-3H3. The van der Waals surface area contributed by atoms with Crippen molar-refractivity contribution in [2.24, 2.45) is 0 Å². The van der Waals surface area contributed by atoms with Gasteiger partial charge in [0, 0.05) is 24.3 Å². The number of hydrogen-bond donors (Lipinski definition) is 0. The molecule has 0 N–H and O–H groups in total. The van der Waals surface area contributed by atoms with Crippen molar-refractivity contribution in [2.75, 3.05) is 34.0 Å². The molecule has 0 saturated carbocycles. The summed E-state index contributed by atoms with van der Waals surface area (Å²) in [6.07, 6.45) is 0. The normalized spacial score (nSPS) is 12.2. The van der Waals surface area contributed by atoms with Crippen LogP contribution in [0.1, 0.15) is 17.3 Å². The van der Waals surface area contributed by atoms with Crippen molar-refractivity contribution in [1.82, 2.24) is 4.90 Å². The molecule has 106 valence electrons. The molecule has 0 aromatic heterocycles. The number of benzene rings is 1. The van der Waals surface area contributed by atoms with Gasteiger partial charge in [0.15, 0.2) is 0 Å². The van der Waals surface area contributed by atoms with Crippen molar-refractivity contribution in [3.05, 3.63) is 33.4 Å². The molecule has 0 bridgehead atoms. The smallest absolute Gasteiger partial charge is 0.255 e. The van der Waals surface area contributed by atoms with E-state index >= 15 is 0 Å². The number of ether oxygens (including phenoxy) is 2. The molecule has 1 amide bonds. The Morgan fingerprint density at radius 1 is 1.32 bits per heavy atom. The first-order valence-electron chi connectivity index (χ1n) is 6.15. The van der Waals surface area contributed by atoms with Crippen LogP contribution in [0.2, 0.25) is 0 Å². The van der Waals surface area contributed by atoms with Crippen LogP contribution in [0.15, 0.2) is 24.3 Å². The second kappa shape index (κ2) is 8.50. The van der Waals surface area contributed by atoms with Gasteiger partial charge in [-0.25, -0.2) is 0 Å². The van der Waals surface area contributed by atoms with Crippen LogP contribution >= 0.6 is 22.6 Å². The van der Waals surface area contributed by atoms with E-state index in [0.717, 1.165) is 9.13 Å². The van der Waals surface area contributed by atoms with Gasteiger partial charge in [-0.3, -0.25) is 4.79 Å². The maximum absolute atomic E-state index is 12.6.